The molecule has 0 saturated carbocycles. The molecule has 0 bridgehead atoms. The largest absolute Gasteiger partial charge is 0.416 e. The second kappa shape index (κ2) is 9.07. The van der Waals surface area contributed by atoms with Crippen LogP contribution in [0.3, 0.4) is 0 Å². The van der Waals surface area contributed by atoms with Crippen molar-refractivity contribution < 1.29 is 35.9 Å². The van der Waals surface area contributed by atoms with Gasteiger partial charge in [-0.1, -0.05) is 34.1 Å². The Bertz CT molecular complexity index is 911. The van der Waals surface area contributed by atoms with Gasteiger partial charge in [0.2, 0.25) is 11.8 Å². The summed E-state index contributed by atoms with van der Waals surface area (Å²) >= 11 is 3.27. The molecule has 0 radical (unpaired) electrons. The molecule has 0 aliphatic rings. The molecule has 0 fully saturated rings. The second-order valence-corrected chi connectivity index (χ2v) is 7.26. The summed E-state index contributed by atoms with van der Waals surface area (Å²) in [5, 5.41) is 2.26. The van der Waals surface area contributed by atoms with E-state index in [-0.39, 0.29) is 12.5 Å². The standard InChI is InChI=1S/C19H15BrF6N2O2/c20-14-4-2-1-3-11(14)8-15(17(27)30)28-16(29)7-10-5-12(18(21,22)23)9-13(6-10)19(24,25)26/h1-6,9,15H,7-8H2,(H2,27,30)(H,28,29)/t15-/m0/s1. The fraction of sp³-hybridized carbons (Fsp3) is 0.263. The Morgan fingerprint density at radius 2 is 1.50 bits per heavy atom. The van der Waals surface area contributed by atoms with Crippen molar-refractivity contribution in [3.8, 4) is 0 Å². The van der Waals surface area contributed by atoms with Gasteiger partial charge in [-0.2, -0.15) is 26.3 Å². The van der Waals surface area contributed by atoms with Crippen LogP contribution < -0.4 is 11.1 Å². The van der Waals surface area contributed by atoms with Crippen LogP contribution in [0.2, 0.25) is 0 Å². The predicted molar refractivity (Wildman–Crippen MR) is 99.1 cm³/mol. The molecule has 0 aromatic heterocycles. The number of halogens is 7. The van der Waals surface area contributed by atoms with Gasteiger partial charge in [-0.15, -0.1) is 0 Å². The monoisotopic (exact) mass is 496 g/mol. The lowest BCUT2D eigenvalue weighted by atomic mass is 10.0. The Kier molecular flexibility index (Phi) is 7.17. The zero-order valence-corrected chi connectivity index (χ0v) is 16.7. The minimum atomic E-state index is -5.03. The number of carbonyl (C=O) groups is 2. The van der Waals surface area contributed by atoms with Crippen molar-refractivity contribution in [3.63, 3.8) is 0 Å². The summed E-state index contributed by atoms with van der Waals surface area (Å²) in [4.78, 5) is 23.9. The van der Waals surface area contributed by atoms with Crippen LogP contribution in [0, 0.1) is 0 Å². The number of carbonyl (C=O) groups excluding carboxylic acids is 2. The fourth-order valence-corrected chi connectivity index (χ4v) is 3.11. The van der Waals surface area contributed by atoms with Crippen molar-refractivity contribution in [1.82, 2.24) is 5.32 Å². The molecule has 2 aromatic carbocycles. The number of benzene rings is 2. The molecular formula is C19H15BrF6N2O2. The summed E-state index contributed by atoms with van der Waals surface area (Å²) in [5.41, 5.74) is 2.34. The third kappa shape index (κ3) is 6.48. The molecule has 0 aliphatic carbocycles. The summed E-state index contributed by atoms with van der Waals surface area (Å²) in [6.07, 6.45) is -10.9. The minimum absolute atomic E-state index is 0.0150. The molecule has 2 amide bonds. The number of amides is 2. The molecular weight excluding hydrogens is 482 g/mol. The number of primary amides is 1. The van der Waals surface area contributed by atoms with Gasteiger partial charge in [0.15, 0.2) is 0 Å². The maximum atomic E-state index is 12.9. The fourth-order valence-electron chi connectivity index (χ4n) is 2.66. The summed E-state index contributed by atoms with van der Waals surface area (Å²) in [6, 6.07) is 6.44. The Balaban J connectivity index is 2.23. The number of nitrogens with one attached hydrogen (secondary N) is 1. The molecule has 0 unspecified atom stereocenters. The number of hydrogen-bond acceptors (Lipinski definition) is 2. The molecule has 1 atom stereocenters. The molecule has 0 heterocycles. The van der Waals surface area contributed by atoms with Gasteiger partial charge in [-0.3, -0.25) is 9.59 Å². The number of alkyl halides is 6. The van der Waals surface area contributed by atoms with Crippen LogP contribution in [0.15, 0.2) is 46.9 Å². The van der Waals surface area contributed by atoms with Crippen molar-refractivity contribution in [2.24, 2.45) is 5.73 Å². The van der Waals surface area contributed by atoms with Crippen molar-refractivity contribution in [1.29, 1.82) is 0 Å². The van der Waals surface area contributed by atoms with E-state index < -0.39 is 53.3 Å². The summed E-state index contributed by atoms with van der Waals surface area (Å²) in [5.74, 6) is -1.85. The highest BCUT2D eigenvalue weighted by molar-refractivity contribution is 9.10. The molecule has 3 N–H and O–H groups in total. The van der Waals surface area contributed by atoms with E-state index in [0.29, 0.717) is 22.2 Å². The minimum Gasteiger partial charge on any atom is -0.368 e. The molecule has 30 heavy (non-hydrogen) atoms. The Morgan fingerprint density at radius 3 is 1.97 bits per heavy atom. The van der Waals surface area contributed by atoms with E-state index >= 15 is 0 Å². The highest BCUT2D eigenvalue weighted by atomic mass is 79.9. The molecule has 162 valence electrons. The van der Waals surface area contributed by atoms with Gasteiger partial charge in [0.05, 0.1) is 17.5 Å². The van der Waals surface area contributed by atoms with Crippen LogP contribution in [0.25, 0.3) is 0 Å². The molecule has 2 rings (SSSR count). The third-order valence-electron chi connectivity index (χ3n) is 4.07. The van der Waals surface area contributed by atoms with E-state index in [4.69, 9.17) is 5.73 Å². The van der Waals surface area contributed by atoms with Gasteiger partial charge in [0.25, 0.3) is 0 Å². The van der Waals surface area contributed by atoms with Crippen molar-refractivity contribution in [2.45, 2.75) is 31.2 Å². The van der Waals surface area contributed by atoms with E-state index in [1.54, 1.807) is 24.3 Å². The smallest absolute Gasteiger partial charge is 0.368 e. The third-order valence-corrected chi connectivity index (χ3v) is 4.85. The average Bonchev–Trinajstić information content (AvgIpc) is 2.61. The predicted octanol–water partition coefficient (Wildman–Crippen LogP) is 4.24. The zero-order valence-electron chi connectivity index (χ0n) is 15.1. The maximum absolute atomic E-state index is 12.9. The van der Waals surface area contributed by atoms with Crippen molar-refractivity contribution in [2.75, 3.05) is 0 Å². The van der Waals surface area contributed by atoms with Crippen LogP contribution in [-0.2, 0) is 34.8 Å². The van der Waals surface area contributed by atoms with E-state index in [1.807, 2.05) is 0 Å². The van der Waals surface area contributed by atoms with Crippen LogP contribution in [-0.4, -0.2) is 17.9 Å². The van der Waals surface area contributed by atoms with Gasteiger partial charge in [-0.25, -0.2) is 0 Å². The molecule has 0 aliphatic heterocycles. The first kappa shape index (κ1) is 23.7. The maximum Gasteiger partial charge on any atom is 0.416 e. The van der Waals surface area contributed by atoms with Gasteiger partial charge < -0.3 is 11.1 Å². The lowest BCUT2D eigenvalue weighted by Crippen LogP contribution is -2.46. The number of rotatable bonds is 6. The van der Waals surface area contributed by atoms with E-state index in [9.17, 15) is 35.9 Å². The van der Waals surface area contributed by atoms with E-state index in [2.05, 4.69) is 21.2 Å². The summed E-state index contributed by atoms with van der Waals surface area (Å²) in [7, 11) is 0. The van der Waals surface area contributed by atoms with E-state index in [0.717, 1.165) is 0 Å². The highest BCUT2D eigenvalue weighted by Crippen LogP contribution is 2.36. The molecule has 4 nitrogen and oxygen atoms in total. The SMILES string of the molecule is NC(=O)[C@H](Cc1ccccc1Br)NC(=O)Cc1cc(C(F)(F)F)cc(C(F)(F)F)c1. The summed E-state index contributed by atoms with van der Waals surface area (Å²) in [6.45, 7) is 0. The van der Waals surface area contributed by atoms with Gasteiger partial charge in [0, 0.05) is 10.9 Å². The number of hydrogen-bond donors (Lipinski definition) is 2. The zero-order chi connectivity index (χ0) is 22.7. The van der Waals surface area contributed by atoms with Crippen LogP contribution >= 0.6 is 15.9 Å². The second-order valence-electron chi connectivity index (χ2n) is 6.41. The first-order valence-electron chi connectivity index (χ1n) is 8.38. The first-order valence-corrected chi connectivity index (χ1v) is 9.17. The van der Waals surface area contributed by atoms with Gasteiger partial charge in [-0.05, 0) is 35.4 Å². The molecule has 11 heteroatoms. The summed E-state index contributed by atoms with van der Waals surface area (Å²) < 4.78 is 78.3. The Morgan fingerprint density at radius 1 is 0.967 bits per heavy atom. The lowest BCUT2D eigenvalue weighted by molar-refractivity contribution is -0.143. The first-order chi connectivity index (χ1) is 13.8. The van der Waals surface area contributed by atoms with E-state index in [1.165, 1.54) is 0 Å². The van der Waals surface area contributed by atoms with Gasteiger partial charge in [0.1, 0.15) is 6.04 Å². The highest BCUT2D eigenvalue weighted by Gasteiger charge is 2.37. The average molecular weight is 497 g/mol. The Labute approximate surface area is 175 Å². The number of nitrogens with two attached hydrogens (primary N) is 1. The van der Waals surface area contributed by atoms with Crippen LogP contribution in [0.5, 0.6) is 0 Å². The van der Waals surface area contributed by atoms with Crippen LogP contribution in [0.4, 0.5) is 26.3 Å². The molecule has 0 spiro atoms. The Hall–Kier alpha value is -2.56. The van der Waals surface area contributed by atoms with Crippen molar-refractivity contribution in [3.05, 3.63) is 69.2 Å². The topological polar surface area (TPSA) is 72.2 Å². The normalized spacial score (nSPS) is 13.0. The van der Waals surface area contributed by atoms with Crippen molar-refractivity contribution >= 4 is 27.7 Å². The lowest BCUT2D eigenvalue weighted by Gasteiger charge is -2.17. The van der Waals surface area contributed by atoms with Gasteiger partial charge >= 0.3 is 12.4 Å². The molecule has 0 saturated heterocycles. The van der Waals surface area contributed by atoms with Crippen LogP contribution in [0.1, 0.15) is 22.3 Å². The molecule has 2 aromatic rings. The quantitative estimate of drug-likeness (QED) is 0.587.